The number of hydrogen-bond donors (Lipinski definition) is 1. The minimum absolute atomic E-state index is 0.569. The van der Waals surface area contributed by atoms with Gasteiger partial charge in [-0.05, 0) is 42.3 Å². The summed E-state index contributed by atoms with van der Waals surface area (Å²) in [4.78, 5) is 2.16. The van der Waals surface area contributed by atoms with E-state index in [0.29, 0.717) is 6.54 Å². The van der Waals surface area contributed by atoms with Crippen molar-refractivity contribution in [3.05, 3.63) is 58.1 Å². The van der Waals surface area contributed by atoms with E-state index >= 15 is 0 Å². The fourth-order valence-corrected chi connectivity index (χ4v) is 2.20. The zero-order chi connectivity index (χ0) is 13.1. The van der Waals surface area contributed by atoms with Crippen LogP contribution in [0, 0.1) is 6.92 Å². The second-order valence-corrected chi connectivity index (χ2v) is 5.22. The van der Waals surface area contributed by atoms with E-state index in [4.69, 9.17) is 5.73 Å². The summed E-state index contributed by atoms with van der Waals surface area (Å²) in [6.45, 7) is 2.65. The van der Waals surface area contributed by atoms with Crippen molar-refractivity contribution in [1.82, 2.24) is 0 Å². The first-order valence-electron chi connectivity index (χ1n) is 5.90. The Hall–Kier alpha value is -1.32. The molecule has 94 valence electrons. The fourth-order valence-electron chi connectivity index (χ4n) is 1.83. The van der Waals surface area contributed by atoms with Crippen molar-refractivity contribution >= 4 is 27.3 Å². The van der Waals surface area contributed by atoms with Crippen LogP contribution in [-0.4, -0.2) is 7.05 Å². The minimum atomic E-state index is 0.569. The Kier molecular flexibility index (Phi) is 4.04. The van der Waals surface area contributed by atoms with E-state index in [2.05, 4.69) is 65.1 Å². The number of halogens is 1. The van der Waals surface area contributed by atoms with Crippen LogP contribution in [0.3, 0.4) is 0 Å². The summed E-state index contributed by atoms with van der Waals surface area (Å²) in [7, 11) is 2.06. The zero-order valence-electron chi connectivity index (χ0n) is 10.7. The molecule has 0 bridgehead atoms. The topological polar surface area (TPSA) is 29.3 Å². The molecule has 0 spiro atoms. The number of nitrogens with two attached hydrogens (primary N) is 1. The predicted molar refractivity (Wildman–Crippen MR) is 81.3 cm³/mol. The van der Waals surface area contributed by atoms with Crippen LogP contribution in [-0.2, 0) is 6.54 Å². The lowest BCUT2D eigenvalue weighted by Gasteiger charge is -2.21. The maximum Gasteiger partial charge on any atom is 0.0419 e. The first kappa shape index (κ1) is 13.1. The van der Waals surface area contributed by atoms with Crippen LogP contribution in [0.5, 0.6) is 0 Å². The van der Waals surface area contributed by atoms with E-state index in [0.717, 1.165) is 21.4 Å². The van der Waals surface area contributed by atoms with Gasteiger partial charge in [-0.25, -0.2) is 0 Å². The van der Waals surface area contributed by atoms with Crippen LogP contribution in [0.1, 0.15) is 11.1 Å². The molecule has 0 aliphatic heterocycles. The van der Waals surface area contributed by atoms with E-state index in [-0.39, 0.29) is 0 Å². The first-order chi connectivity index (χ1) is 8.61. The molecule has 0 heterocycles. The molecule has 2 nitrogen and oxygen atoms in total. The van der Waals surface area contributed by atoms with E-state index in [1.165, 1.54) is 5.56 Å². The van der Waals surface area contributed by atoms with Gasteiger partial charge in [-0.3, -0.25) is 0 Å². The lowest BCUT2D eigenvalue weighted by atomic mass is 10.1. The van der Waals surface area contributed by atoms with Gasteiger partial charge in [-0.2, -0.15) is 0 Å². The summed E-state index contributed by atoms with van der Waals surface area (Å²) >= 11 is 3.57. The summed E-state index contributed by atoms with van der Waals surface area (Å²) in [6, 6.07) is 14.7. The molecule has 0 aromatic heterocycles. The molecule has 2 rings (SSSR count). The smallest absolute Gasteiger partial charge is 0.0419 e. The van der Waals surface area contributed by atoms with Crippen molar-refractivity contribution in [3.8, 4) is 0 Å². The van der Waals surface area contributed by atoms with Crippen LogP contribution in [0.4, 0.5) is 11.4 Å². The SMILES string of the molecule is Cc1ccc(N(C)c2cccc(CN)c2)cc1Br. The summed E-state index contributed by atoms with van der Waals surface area (Å²) in [5, 5.41) is 0. The van der Waals surface area contributed by atoms with Gasteiger partial charge in [-0.15, -0.1) is 0 Å². The maximum absolute atomic E-state index is 5.68. The second kappa shape index (κ2) is 5.55. The molecular formula is C15H17BrN2. The highest BCUT2D eigenvalue weighted by Crippen LogP contribution is 2.28. The van der Waals surface area contributed by atoms with Gasteiger partial charge >= 0.3 is 0 Å². The number of nitrogens with zero attached hydrogens (tertiary/aromatic N) is 1. The molecule has 3 heteroatoms. The Bertz CT molecular complexity index is 552. The van der Waals surface area contributed by atoms with Crippen molar-refractivity contribution in [1.29, 1.82) is 0 Å². The monoisotopic (exact) mass is 304 g/mol. The van der Waals surface area contributed by atoms with Crippen molar-refractivity contribution < 1.29 is 0 Å². The molecule has 2 N–H and O–H groups in total. The highest BCUT2D eigenvalue weighted by molar-refractivity contribution is 9.10. The van der Waals surface area contributed by atoms with E-state index in [9.17, 15) is 0 Å². The third-order valence-corrected chi connectivity index (χ3v) is 3.93. The quantitative estimate of drug-likeness (QED) is 0.929. The largest absolute Gasteiger partial charge is 0.345 e. The molecule has 0 unspecified atom stereocenters. The normalized spacial score (nSPS) is 10.4. The van der Waals surface area contributed by atoms with Crippen LogP contribution < -0.4 is 10.6 Å². The lowest BCUT2D eigenvalue weighted by Crippen LogP contribution is -2.10. The van der Waals surface area contributed by atoms with E-state index in [1.807, 2.05) is 12.1 Å². The molecule has 0 atom stereocenters. The van der Waals surface area contributed by atoms with Crippen molar-refractivity contribution in [2.24, 2.45) is 5.73 Å². The lowest BCUT2D eigenvalue weighted by molar-refractivity contribution is 1.06. The molecule has 0 fully saturated rings. The molecule has 0 aliphatic carbocycles. The predicted octanol–water partition coefficient (Wildman–Crippen LogP) is 3.98. The second-order valence-electron chi connectivity index (χ2n) is 4.37. The maximum atomic E-state index is 5.68. The summed E-state index contributed by atoms with van der Waals surface area (Å²) in [5.74, 6) is 0. The molecule has 18 heavy (non-hydrogen) atoms. The van der Waals surface area contributed by atoms with Gasteiger partial charge in [0.2, 0.25) is 0 Å². The van der Waals surface area contributed by atoms with Gasteiger partial charge in [0.25, 0.3) is 0 Å². The van der Waals surface area contributed by atoms with Gasteiger partial charge in [0, 0.05) is 29.4 Å². The van der Waals surface area contributed by atoms with Crippen molar-refractivity contribution in [3.63, 3.8) is 0 Å². The molecule has 2 aromatic rings. The van der Waals surface area contributed by atoms with E-state index < -0.39 is 0 Å². The minimum Gasteiger partial charge on any atom is -0.345 e. The highest BCUT2D eigenvalue weighted by Gasteiger charge is 2.06. The third kappa shape index (κ3) is 2.74. The Balaban J connectivity index is 2.34. The first-order valence-corrected chi connectivity index (χ1v) is 6.70. The number of anilines is 2. The van der Waals surface area contributed by atoms with Gasteiger partial charge in [0.15, 0.2) is 0 Å². The number of rotatable bonds is 3. The fraction of sp³-hybridized carbons (Fsp3) is 0.200. The third-order valence-electron chi connectivity index (χ3n) is 3.08. The summed E-state index contributed by atoms with van der Waals surface area (Å²) in [5.41, 5.74) is 10.4. The van der Waals surface area contributed by atoms with Crippen molar-refractivity contribution in [2.45, 2.75) is 13.5 Å². The Morgan fingerprint density at radius 3 is 2.50 bits per heavy atom. The molecular weight excluding hydrogens is 288 g/mol. The Labute approximate surface area is 117 Å². The molecule has 0 amide bonds. The van der Waals surface area contributed by atoms with E-state index in [1.54, 1.807) is 0 Å². The van der Waals surface area contributed by atoms with Crippen molar-refractivity contribution in [2.75, 3.05) is 11.9 Å². The van der Waals surface area contributed by atoms with Crippen LogP contribution in [0.15, 0.2) is 46.9 Å². The van der Waals surface area contributed by atoms with Gasteiger partial charge < -0.3 is 10.6 Å². The molecule has 0 aliphatic rings. The number of hydrogen-bond acceptors (Lipinski definition) is 2. The van der Waals surface area contributed by atoms with Gasteiger partial charge in [0.05, 0.1) is 0 Å². The number of benzene rings is 2. The van der Waals surface area contributed by atoms with Gasteiger partial charge in [0.1, 0.15) is 0 Å². The summed E-state index contributed by atoms with van der Waals surface area (Å²) in [6.07, 6.45) is 0. The highest BCUT2D eigenvalue weighted by atomic mass is 79.9. The molecule has 0 radical (unpaired) electrons. The van der Waals surface area contributed by atoms with Crippen LogP contribution >= 0.6 is 15.9 Å². The molecule has 0 saturated heterocycles. The average molecular weight is 305 g/mol. The Morgan fingerprint density at radius 1 is 1.11 bits per heavy atom. The standard InChI is InChI=1S/C15H17BrN2/c1-11-6-7-14(9-15(11)16)18(2)13-5-3-4-12(8-13)10-17/h3-9H,10,17H2,1-2H3. The zero-order valence-corrected chi connectivity index (χ0v) is 12.2. The summed E-state index contributed by atoms with van der Waals surface area (Å²) < 4.78 is 1.13. The average Bonchev–Trinajstić information content (AvgIpc) is 2.41. The molecule has 2 aromatic carbocycles. The van der Waals surface area contributed by atoms with Crippen LogP contribution in [0.2, 0.25) is 0 Å². The number of aryl methyl sites for hydroxylation is 1. The Morgan fingerprint density at radius 2 is 1.83 bits per heavy atom. The molecule has 0 saturated carbocycles. The van der Waals surface area contributed by atoms with Crippen LogP contribution in [0.25, 0.3) is 0 Å². The van der Waals surface area contributed by atoms with Gasteiger partial charge in [-0.1, -0.05) is 34.1 Å².